The second kappa shape index (κ2) is 6.23. The molecule has 106 valence electrons. The first kappa shape index (κ1) is 14.1. The summed E-state index contributed by atoms with van der Waals surface area (Å²) in [6.07, 6.45) is 1.93. The van der Waals surface area contributed by atoms with E-state index in [0.717, 1.165) is 5.69 Å². The van der Waals surface area contributed by atoms with Gasteiger partial charge in [0, 0.05) is 12.2 Å². The third-order valence-electron chi connectivity index (χ3n) is 2.85. The van der Waals surface area contributed by atoms with E-state index in [-0.39, 0.29) is 5.97 Å². The first-order valence-corrected chi connectivity index (χ1v) is 6.45. The third-order valence-corrected chi connectivity index (χ3v) is 2.85. The average molecular weight is 274 g/mol. The summed E-state index contributed by atoms with van der Waals surface area (Å²) in [4.78, 5) is 11.3. The molecular weight excluding hydrogens is 256 g/mol. The Balaban J connectivity index is 1.95. The summed E-state index contributed by atoms with van der Waals surface area (Å²) >= 11 is 0. The van der Waals surface area contributed by atoms with Gasteiger partial charge in [-0.3, -0.25) is 4.68 Å². The fraction of sp³-hybridized carbons (Fsp3) is 0.333. The highest BCUT2D eigenvalue weighted by Gasteiger charge is 2.06. The molecule has 0 aliphatic rings. The van der Waals surface area contributed by atoms with Crippen LogP contribution in [0.5, 0.6) is 5.75 Å². The third kappa shape index (κ3) is 3.38. The van der Waals surface area contributed by atoms with Gasteiger partial charge < -0.3 is 9.47 Å². The number of carbonyl (C=O) groups is 1. The summed E-state index contributed by atoms with van der Waals surface area (Å²) < 4.78 is 12.2. The van der Waals surface area contributed by atoms with E-state index >= 15 is 0 Å². The first-order chi connectivity index (χ1) is 9.60. The van der Waals surface area contributed by atoms with Crippen LogP contribution in [0, 0.1) is 0 Å². The lowest BCUT2D eigenvalue weighted by Crippen LogP contribution is -2.04. The van der Waals surface area contributed by atoms with Crippen molar-refractivity contribution < 1.29 is 14.3 Å². The van der Waals surface area contributed by atoms with Crippen LogP contribution in [-0.4, -0.2) is 22.9 Å². The highest BCUT2D eigenvalue weighted by atomic mass is 16.5. The molecule has 0 atom stereocenters. The lowest BCUT2D eigenvalue weighted by Gasteiger charge is -2.06. The lowest BCUT2D eigenvalue weighted by atomic mass is 10.2. The molecule has 0 radical (unpaired) electrons. The van der Waals surface area contributed by atoms with Crippen molar-refractivity contribution in [2.75, 3.05) is 7.11 Å². The van der Waals surface area contributed by atoms with Crippen LogP contribution in [0.15, 0.2) is 36.5 Å². The van der Waals surface area contributed by atoms with Crippen molar-refractivity contribution in [1.29, 1.82) is 0 Å². The SMILES string of the molecule is COC(=O)c1ccc(OCc2ccn(C(C)C)n2)cc1. The number of ether oxygens (including phenoxy) is 2. The van der Waals surface area contributed by atoms with Crippen molar-refractivity contribution in [1.82, 2.24) is 9.78 Å². The van der Waals surface area contributed by atoms with Crippen LogP contribution in [0.1, 0.15) is 35.9 Å². The Morgan fingerprint density at radius 1 is 1.25 bits per heavy atom. The van der Waals surface area contributed by atoms with Crippen LogP contribution in [0.2, 0.25) is 0 Å². The highest BCUT2D eigenvalue weighted by molar-refractivity contribution is 5.89. The molecule has 0 saturated heterocycles. The van der Waals surface area contributed by atoms with Crippen molar-refractivity contribution in [3.05, 3.63) is 47.8 Å². The van der Waals surface area contributed by atoms with E-state index in [4.69, 9.17) is 4.74 Å². The maximum absolute atomic E-state index is 11.3. The Kier molecular flexibility index (Phi) is 4.40. The summed E-state index contributed by atoms with van der Waals surface area (Å²) in [6.45, 7) is 4.55. The minimum Gasteiger partial charge on any atom is -0.487 e. The number of aromatic nitrogens is 2. The lowest BCUT2D eigenvalue weighted by molar-refractivity contribution is 0.0600. The van der Waals surface area contributed by atoms with E-state index in [0.29, 0.717) is 24.0 Å². The number of rotatable bonds is 5. The monoisotopic (exact) mass is 274 g/mol. The predicted octanol–water partition coefficient (Wildman–Crippen LogP) is 2.83. The first-order valence-electron chi connectivity index (χ1n) is 6.45. The molecule has 2 rings (SSSR count). The molecule has 0 amide bonds. The standard InChI is InChI=1S/C15H18N2O3/c1-11(2)17-9-8-13(16-17)10-20-14-6-4-12(5-7-14)15(18)19-3/h4-9,11H,10H2,1-3H3. The van der Waals surface area contributed by atoms with Crippen LogP contribution in [0.3, 0.4) is 0 Å². The molecular formula is C15H18N2O3. The van der Waals surface area contributed by atoms with E-state index in [1.54, 1.807) is 24.3 Å². The fourth-order valence-corrected chi connectivity index (χ4v) is 1.70. The molecule has 0 bridgehead atoms. The van der Waals surface area contributed by atoms with E-state index in [2.05, 4.69) is 23.7 Å². The number of esters is 1. The Bertz CT molecular complexity index is 573. The van der Waals surface area contributed by atoms with Crippen molar-refractivity contribution in [2.45, 2.75) is 26.5 Å². The normalized spacial score (nSPS) is 10.6. The van der Waals surface area contributed by atoms with E-state index in [1.807, 2.05) is 16.9 Å². The molecule has 2 aromatic rings. The van der Waals surface area contributed by atoms with E-state index in [9.17, 15) is 4.79 Å². The minimum atomic E-state index is -0.354. The second-order valence-corrected chi connectivity index (χ2v) is 4.69. The molecule has 5 nitrogen and oxygen atoms in total. The molecule has 0 saturated carbocycles. The summed E-state index contributed by atoms with van der Waals surface area (Å²) in [5.41, 5.74) is 1.37. The van der Waals surface area contributed by atoms with Crippen LogP contribution < -0.4 is 4.74 Å². The molecule has 1 heterocycles. The van der Waals surface area contributed by atoms with Gasteiger partial charge in [0.05, 0.1) is 18.4 Å². The van der Waals surface area contributed by atoms with E-state index in [1.165, 1.54) is 7.11 Å². The van der Waals surface area contributed by atoms with Crippen LogP contribution in [0.25, 0.3) is 0 Å². The van der Waals surface area contributed by atoms with Crippen LogP contribution in [-0.2, 0) is 11.3 Å². The number of hydrogen-bond donors (Lipinski definition) is 0. The van der Waals surface area contributed by atoms with Crippen molar-refractivity contribution in [3.63, 3.8) is 0 Å². The topological polar surface area (TPSA) is 53.4 Å². The molecule has 0 unspecified atom stereocenters. The maximum atomic E-state index is 11.3. The van der Waals surface area contributed by atoms with Gasteiger partial charge in [0.25, 0.3) is 0 Å². The van der Waals surface area contributed by atoms with Gasteiger partial charge in [-0.05, 0) is 44.2 Å². The summed E-state index contributed by atoms with van der Waals surface area (Å²) in [7, 11) is 1.36. The van der Waals surface area contributed by atoms with Crippen molar-refractivity contribution in [2.24, 2.45) is 0 Å². The number of carbonyl (C=O) groups excluding carboxylic acids is 1. The number of nitrogens with zero attached hydrogens (tertiary/aromatic N) is 2. The maximum Gasteiger partial charge on any atom is 0.337 e. The predicted molar refractivity (Wildman–Crippen MR) is 74.7 cm³/mol. The Morgan fingerprint density at radius 3 is 2.50 bits per heavy atom. The second-order valence-electron chi connectivity index (χ2n) is 4.69. The quantitative estimate of drug-likeness (QED) is 0.787. The summed E-state index contributed by atoms with van der Waals surface area (Å²) in [5, 5.41) is 4.40. The molecule has 0 spiro atoms. The molecule has 20 heavy (non-hydrogen) atoms. The van der Waals surface area contributed by atoms with Gasteiger partial charge in [0.2, 0.25) is 0 Å². The molecule has 0 N–H and O–H groups in total. The van der Waals surface area contributed by atoms with Crippen LogP contribution >= 0.6 is 0 Å². The van der Waals surface area contributed by atoms with Crippen molar-refractivity contribution in [3.8, 4) is 5.75 Å². The smallest absolute Gasteiger partial charge is 0.337 e. The minimum absolute atomic E-state index is 0.336. The zero-order valence-corrected chi connectivity index (χ0v) is 11.9. The molecule has 0 aliphatic heterocycles. The molecule has 0 aliphatic carbocycles. The highest BCUT2D eigenvalue weighted by Crippen LogP contribution is 2.14. The van der Waals surface area contributed by atoms with Crippen LogP contribution in [0.4, 0.5) is 0 Å². The average Bonchev–Trinajstić information content (AvgIpc) is 2.94. The number of hydrogen-bond acceptors (Lipinski definition) is 4. The van der Waals surface area contributed by atoms with Gasteiger partial charge in [0.1, 0.15) is 12.4 Å². The van der Waals surface area contributed by atoms with Gasteiger partial charge in [0.15, 0.2) is 0 Å². The van der Waals surface area contributed by atoms with Crippen molar-refractivity contribution >= 4 is 5.97 Å². The largest absolute Gasteiger partial charge is 0.487 e. The van der Waals surface area contributed by atoms with Gasteiger partial charge in [-0.1, -0.05) is 0 Å². The Morgan fingerprint density at radius 2 is 1.95 bits per heavy atom. The molecule has 1 aromatic heterocycles. The van der Waals surface area contributed by atoms with Gasteiger partial charge >= 0.3 is 5.97 Å². The molecule has 1 aromatic carbocycles. The summed E-state index contributed by atoms with van der Waals surface area (Å²) in [6, 6.07) is 9.10. The number of benzene rings is 1. The Hall–Kier alpha value is -2.30. The van der Waals surface area contributed by atoms with E-state index < -0.39 is 0 Å². The number of methoxy groups -OCH3 is 1. The molecule has 5 heteroatoms. The van der Waals surface area contributed by atoms with Gasteiger partial charge in [-0.25, -0.2) is 4.79 Å². The molecule has 0 fully saturated rings. The summed E-state index contributed by atoms with van der Waals surface area (Å²) in [5.74, 6) is 0.337. The zero-order chi connectivity index (χ0) is 14.5. The fourth-order valence-electron chi connectivity index (χ4n) is 1.70. The van der Waals surface area contributed by atoms with Gasteiger partial charge in [-0.2, -0.15) is 5.10 Å². The Labute approximate surface area is 118 Å². The zero-order valence-electron chi connectivity index (χ0n) is 11.9. The van der Waals surface area contributed by atoms with Gasteiger partial charge in [-0.15, -0.1) is 0 Å².